The van der Waals surface area contributed by atoms with E-state index in [1.807, 2.05) is 13.0 Å². The second kappa shape index (κ2) is 7.34. The molecule has 0 spiro atoms. The molecule has 1 atom stereocenters. The summed E-state index contributed by atoms with van der Waals surface area (Å²) in [6.45, 7) is 2.73. The van der Waals surface area contributed by atoms with Crippen molar-refractivity contribution in [2.24, 2.45) is 0 Å². The molecule has 3 heterocycles. The number of hydrogen-bond acceptors (Lipinski definition) is 6. The molecule has 0 amide bonds. The van der Waals surface area contributed by atoms with Gasteiger partial charge in [0.15, 0.2) is 0 Å². The Kier molecular flexibility index (Phi) is 4.88. The van der Waals surface area contributed by atoms with E-state index < -0.39 is 16.1 Å². The summed E-state index contributed by atoms with van der Waals surface area (Å²) in [5.41, 5.74) is 9.17. The number of benzene rings is 1. The number of H-pyrrole nitrogens is 1. The molecule has 1 aliphatic heterocycles. The Bertz CT molecular complexity index is 1080. The third-order valence-corrected chi connectivity index (χ3v) is 6.65. The molecule has 1 saturated heterocycles. The zero-order valence-electron chi connectivity index (χ0n) is 15.4. The van der Waals surface area contributed by atoms with Crippen LogP contribution in [0.3, 0.4) is 0 Å². The minimum Gasteiger partial charge on any atom is -0.384 e. The molecule has 28 heavy (non-hydrogen) atoms. The largest absolute Gasteiger partial charge is 0.384 e. The normalized spacial score (nSPS) is 18.2. The number of aryl methyl sites for hydroxylation is 1. The molecule has 0 radical (unpaired) electrons. The number of aromatic amines is 1. The van der Waals surface area contributed by atoms with Gasteiger partial charge in [0.05, 0.1) is 23.4 Å². The van der Waals surface area contributed by atoms with Crippen LogP contribution in [0.25, 0.3) is 11.1 Å². The smallest absolute Gasteiger partial charge is 0.243 e. The number of nitrogen functional groups attached to an aromatic ring is 1. The number of sulfonamides is 1. The first-order chi connectivity index (χ1) is 13.4. The highest BCUT2D eigenvalue weighted by Crippen LogP contribution is 2.32. The summed E-state index contributed by atoms with van der Waals surface area (Å²) in [6, 6.07) is 10.4. The van der Waals surface area contributed by atoms with Gasteiger partial charge in [0, 0.05) is 24.8 Å². The molecule has 3 aromatic rings. The van der Waals surface area contributed by atoms with Gasteiger partial charge in [-0.25, -0.2) is 13.4 Å². The number of nitrogens with two attached hydrogens (primary N) is 1. The van der Waals surface area contributed by atoms with Gasteiger partial charge in [-0.05, 0) is 36.8 Å². The second-order valence-corrected chi connectivity index (χ2v) is 8.64. The van der Waals surface area contributed by atoms with Crippen molar-refractivity contribution < 1.29 is 13.2 Å². The van der Waals surface area contributed by atoms with Crippen molar-refractivity contribution in [2.45, 2.75) is 17.9 Å². The molecule has 9 heteroatoms. The van der Waals surface area contributed by atoms with E-state index in [-0.39, 0.29) is 11.4 Å². The van der Waals surface area contributed by atoms with Crippen LogP contribution in [-0.2, 0) is 14.8 Å². The highest BCUT2D eigenvalue weighted by Gasteiger charge is 2.33. The predicted molar refractivity (Wildman–Crippen MR) is 105 cm³/mol. The lowest BCUT2D eigenvalue weighted by Gasteiger charge is -2.32. The second-order valence-electron chi connectivity index (χ2n) is 6.70. The van der Waals surface area contributed by atoms with Crippen LogP contribution in [0, 0.1) is 6.92 Å². The van der Waals surface area contributed by atoms with Crippen LogP contribution in [0.15, 0.2) is 53.7 Å². The van der Waals surface area contributed by atoms with E-state index in [4.69, 9.17) is 10.5 Å². The summed E-state index contributed by atoms with van der Waals surface area (Å²) in [7, 11) is -3.60. The van der Waals surface area contributed by atoms with E-state index in [0.29, 0.717) is 19.0 Å². The molecule has 4 rings (SSSR count). The standard InChI is InChI=1S/C19H21N5O3S/c1-13-2-4-15(5-3-13)28(25,26)24-8-9-27-17(12-24)19-16(11-22-23-19)14-6-7-21-18(20)10-14/h2-7,10-11,17H,8-9,12H2,1H3,(H2,20,21)(H,22,23)/t17-/m1/s1. The first-order valence-electron chi connectivity index (χ1n) is 8.89. The number of morpholine rings is 1. The highest BCUT2D eigenvalue weighted by molar-refractivity contribution is 7.89. The molecule has 2 aromatic heterocycles. The molecule has 1 aliphatic rings. The summed E-state index contributed by atoms with van der Waals surface area (Å²) in [5, 5.41) is 7.08. The first-order valence-corrected chi connectivity index (χ1v) is 10.3. The van der Waals surface area contributed by atoms with E-state index in [9.17, 15) is 8.42 Å². The fourth-order valence-corrected chi connectivity index (χ4v) is 4.69. The molecular formula is C19H21N5O3S. The van der Waals surface area contributed by atoms with Crippen molar-refractivity contribution in [3.8, 4) is 11.1 Å². The summed E-state index contributed by atoms with van der Waals surface area (Å²) in [4.78, 5) is 4.29. The van der Waals surface area contributed by atoms with Crippen LogP contribution in [0.4, 0.5) is 5.82 Å². The van der Waals surface area contributed by atoms with Crippen molar-refractivity contribution in [3.05, 3.63) is 60.0 Å². The maximum Gasteiger partial charge on any atom is 0.243 e. The molecule has 1 aromatic carbocycles. The van der Waals surface area contributed by atoms with Crippen molar-refractivity contribution >= 4 is 15.8 Å². The number of rotatable bonds is 4. The van der Waals surface area contributed by atoms with E-state index in [0.717, 1.165) is 22.4 Å². The summed E-state index contributed by atoms with van der Waals surface area (Å²) in [6.07, 6.45) is 2.85. The lowest BCUT2D eigenvalue weighted by atomic mass is 10.0. The van der Waals surface area contributed by atoms with Gasteiger partial charge >= 0.3 is 0 Å². The zero-order chi connectivity index (χ0) is 19.7. The Balaban J connectivity index is 1.62. The van der Waals surface area contributed by atoms with Gasteiger partial charge in [-0.3, -0.25) is 5.10 Å². The number of pyridine rings is 1. The molecule has 0 saturated carbocycles. The van der Waals surface area contributed by atoms with E-state index in [1.54, 1.807) is 42.7 Å². The number of nitrogens with zero attached hydrogens (tertiary/aromatic N) is 3. The average Bonchev–Trinajstić information content (AvgIpc) is 3.18. The topological polar surface area (TPSA) is 114 Å². The highest BCUT2D eigenvalue weighted by atomic mass is 32.2. The molecule has 0 aliphatic carbocycles. The average molecular weight is 399 g/mol. The summed E-state index contributed by atoms with van der Waals surface area (Å²) in [5.74, 6) is 0.401. The van der Waals surface area contributed by atoms with Gasteiger partial charge in [0.25, 0.3) is 0 Å². The van der Waals surface area contributed by atoms with Crippen LogP contribution in [-0.4, -0.2) is 47.6 Å². The van der Waals surface area contributed by atoms with Crippen molar-refractivity contribution in [1.82, 2.24) is 19.5 Å². The fourth-order valence-electron chi connectivity index (χ4n) is 3.27. The Morgan fingerprint density at radius 3 is 2.79 bits per heavy atom. The number of nitrogens with one attached hydrogen (secondary N) is 1. The third kappa shape index (κ3) is 3.51. The lowest BCUT2D eigenvalue weighted by Crippen LogP contribution is -2.42. The van der Waals surface area contributed by atoms with Crippen LogP contribution in [0.1, 0.15) is 17.4 Å². The molecule has 0 bridgehead atoms. The fraction of sp³-hybridized carbons (Fsp3) is 0.263. The Morgan fingerprint density at radius 2 is 2.04 bits per heavy atom. The van der Waals surface area contributed by atoms with Crippen molar-refractivity contribution in [3.63, 3.8) is 0 Å². The molecular weight excluding hydrogens is 378 g/mol. The van der Waals surface area contributed by atoms with Crippen molar-refractivity contribution in [2.75, 3.05) is 25.4 Å². The minimum absolute atomic E-state index is 0.200. The van der Waals surface area contributed by atoms with Gasteiger partial charge in [-0.2, -0.15) is 9.40 Å². The number of anilines is 1. The number of hydrogen-bond donors (Lipinski definition) is 2. The maximum absolute atomic E-state index is 13.0. The molecule has 8 nitrogen and oxygen atoms in total. The van der Waals surface area contributed by atoms with Crippen LogP contribution in [0.2, 0.25) is 0 Å². The lowest BCUT2D eigenvalue weighted by molar-refractivity contribution is -0.00465. The number of aromatic nitrogens is 3. The molecule has 0 unspecified atom stereocenters. The first kappa shape index (κ1) is 18.6. The minimum atomic E-state index is -3.60. The van der Waals surface area contributed by atoms with E-state index in [2.05, 4.69) is 15.2 Å². The monoisotopic (exact) mass is 399 g/mol. The van der Waals surface area contributed by atoms with Gasteiger partial charge in [-0.1, -0.05) is 17.7 Å². The van der Waals surface area contributed by atoms with Gasteiger partial charge in [0.1, 0.15) is 11.9 Å². The molecule has 146 valence electrons. The Morgan fingerprint density at radius 1 is 1.25 bits per heavy atom. The van der Waals surface area contributed by atoms with E-state index >= 15 is 0 Å². The van der Waals surface area contributed by atoms with Gasteiger partial charge in [-0.15, -0.1) is 0 Å². The SMILES string of the molecule is Cc1ccc(S(=O)(=O)N2CCO[C@@H](c3[nH]ncc3-c3ccnc(N)c3)C2)cc1. The quantitative estimate of drug-likeness (QED) is 0.695. The predicted octanol–water partition coefficient (Wildman–Crippen LogP) is 2.12. The van der Waals surface area contributed by atoms with Crippen molar-refractivity contribution in [1.29, 1.82) is 0 Å². The number of ether oxygens (including phenoxy) is 1. The van der Waals surface area contributed by atoms with Gasteiger partial charge in [0.2, 0.25) is 10.0 Å². The van der Waals surface area contributed by atoms with Crippen LogP contribution in [0.5, 0.6) is 0 Å². The zero-order valence-corrected chi connectivity index (χ0v) is 16.2. The maximum atomic E-state index is 13.0. The summed E-state index contributed by atoms with van der Waals surface area (Å²) >= 11 is 0. The Labute approximate surface area is 163 Å². The Hall–Kier alpha value is -2.75. The summed E-state index contributed by atoms with van der Waals surface area (Å²) < 4.78 is 33.4. The van der Waals surface area contributed by atoms with E-state index in [1.165, 1.54) is 4.31 Å². The molecule has 1 fully saturated rings. The van der Waals surface area contributed by atoms with Gasteiger partial charge < -0.3 is 10.5 Å². The third-order valence-electron chi connectivity index (χ3n) is 4.77. The van der Waals surface area contributed by atoms with Crippen LogP contribution < -0.4 is 5.73 Å². The molecule has 3 N–H and O–H groups in total. The van der Waals surface area contributed by atoms with Crippen LogP contribution >= 0.6 is 0 Å².